The summed E-state index contributed by atoms with van der Waals surface area (Å²) < 4.78 is 5.36. The van der Waals surface area contributed by atoms with E-state index in [2.05, 4.69) is 19.2 Å². The molecular formula is C13H25NO3. The van der Waals surface area contributed by atoms with Gasteiger partial charge in [-0.25, -0.2) is 0 Å². The molecular weight excluding hydrogens is 218 g/mol. The van der Waals surface area contributed by atoms with Crippen molar-refractivity contribution in [1.82, 2.24) is 5.32 Å². The predicted molar refractivity (Wildman–Crippen MR) is 67.1 cm³/mol. The van der Waals surface area contributed by atoms with Crippen molar-refractivity contribution < 1.29 is 14.6 Å². The number of carboxylic acids is 1. The SMILES string of the molecule is COC1CCCC(NC(CC(C)C)C(=O)O)C1. The molecule has 3 unspecified atom stereocenters. The van der Waals surface area contributed by atoms with Crippen LogP contribution in [0.3, 0.4) is 0 Å². The van der Waals surface area contributed by atoms with Gasteiger partial charge in [0.1, 0.15) is 6.04 Å². The molecule has 0 amide bonds. The van der Waals surface area contributed by atoms with E-state index in [0.29, 0.717) is 12.3 Å². The third-order valence-corrected chi connectivity index (χ3v) is 3.40. The zero-order valence-electron chi connectivity index (χ0n) is 11.1. The van der Waals surface area contributed by atoms with Crippen LogP contribution in [-0.4, -0.2) is 36.4 Å². The van der Waals surface area contributed by atoms with E-state index < -0.39 is 12.0 Å². The van der Waals surface area contributed by atoms with E-state index in [0.717, 1.165) is 25.7 Å². The molecule has 4 nitrogen and oxygen atoms in total. The summed E-state index contributed by atoms with van der Waals surface area (Å²) in [6.07, 6.45) is 5.17. The normalized spacial score (nSPS) is 27.1. The topological polar surface area (TPSA) is 58.6 Å². The Balaban J connectivity index is 2.45. The summed E-state index contributed by atoms with van der Waals surface area (Å²) >= 11 is 0. The number of nitrogens with one attached hydrogen (secondary N) is 1. The second-order valence-corrected chi connectivity index (χ2v) is 5.41. The molecule has 1 saturated carbocycles. The Morgan fingerprint density at radius 2 is 2.18 bits per heavy atom. The number of hydrogen-bond acceptors (Lipinski definition) is 3. The van der Waals surface area contributed by atoms with E-state index in [9.17, 15) is 9.90 Å². The molecule has 0 heterocycles. The summed E-state index contributed by atoms with van der Waals surface area (Å²) in [5.41, 5.74) is 0. The van der Waals surface area contributed by atoms with Gasteiger partial charge in [-0.3, -0.25) is 4.79 Å². The van der Waals surface area contributed by atoms with Crippen LogP contribution in [-0.2, 0) is 9.53 Å². The Morgan fingerprint density at radius 3 is 2.71 bits per heavy atom. The van der Waals surface area contributed by atoms with Gasteiger partial charge in [0, 0.05) is 13.2 Å². The van der Waals surface area contributed by atoms with Crippen molar-refractivity contribution in [3.63, 3.8) is 0 Å². The highest BCUT2D eigenvalue weighted by Crippen LogP contribution is 2.21. The number of ether oxygens (including phenoxy) is 1. The largest absolute Gasteiger partial charge is 0.480 e. The van der Waals surface area contributed by atoms with Crippen molar-refractivity contribution in [2.75, 3.05) is 7.11 Å². The van der Waals surface area contributed by atoms with E-state index in [4.69, 9.17) is 4.74 Å². The van der Waals surface area contributed by atoms with Crippen molar-refractivity contribution in [3.8, 4) is 0 Å². The molecule has 0 aromatic rings. The van der Waals surface area contributed by atoms with E-state index in [-0.39, 0.29) is 12.1 Å². The number of carboxylic acid groups (broad SMARTS) is 1. The molecule has 1 aliphatic carbocycles. The van der Waals surface area contributed by atoms with Crippen LogP contribution in [0.5, 0.6) is 0 Å². The van der Waals surface area contributed by atoms with Crippen molar-refractivity contribution in [1.29, 1.82) is 0 Å². The van der Waals surface area contributed by atoms with Crippen LogP contribution in [0.1, 0.15) is 46.0 Å². The summed E-state index contributed by atoms with van der Waals surface area (Å²) in [7, 11) is 1.73. The highest BCUT2D eigenvalue weighted by molar-refractivity contribution is 5.73. The molecule has 0 aliphatic heterocycles. The maximum absolute atomic E-state index is 11.2. The standard InChI is InChI=1S/C13H25NO3/c1-9(2)7-12(13(15)16)14-10-5-4-6-11(8-10)17-3/h9-12,14H,4-8H2,1-3H3,(H,15,16). The average molecular weight is 243 g/mol. The van der Waals surface area contributed by atoms with Crippen LogP contribution >= 0.6 is 0 Å². The summed E-state index contributed by atoms with van der Waals surface area (Å²) in [6.45, 7) is 4.10. The minimum absolute atomic E-state index is 0.286. The number of carbonyl (C=O) groups is 1. The molecule has 0 radical (unpaired) electrons. The van der Waals surface area contributed by atoms with Crippen LogP contribution < -0.4 is 5.32 Å². The van der Waals surface area contributed by atoms with Gasteiger partial charge in [0.2, 0.25) is 0 Å². The first-order chi connectivity index (χ1) is 8.02. The molecule has 0 bridgehead atoms. The van der Waals surface area contributed by atoms with Crippen LogP contribution in [0.2, 0.25) is 0 Å². The van der Waals surface area contributed by atoms with Gasteiger partial charge >= 0.3 is 5.97 Å². The smallest absolute Gasteiger partial charge is 0.320 e. The molecule has 0 aromatic carbocycles. The maximum Gasteiger partial charge on any atom is 0.320 e. The molecule has 1 aliphatic rings. The lowest BCUT2D eigenvalue weighted by Gasteiger charge is -2.31. The monoisotopic (exact) mass is 243 g/mol. The zero-order valence-corrected chi connectivity index (χ0v) is 11.1. The maximum atomic E-state index is 11.2. The first-order valence-electron chi connectivity index (χ1n) is 6.54. The molecule has 100 valence electrons. The fraction of sp³-hybridized carbons (Fsp3) is 0.923. The first-order valence-corrected chi connectivity index (χ1v) is 6.54. The number of hydrogen-bond donors (Lipinski definition) is 2. The predicted octanol–water partition coefficient (Wildman–Crippen LogP) is 2.03. The Kier molecular flexibility index (Phi) is 5.92. The third kappa shape index (κ3) is 5.04. The van der Waals surface area contributed by atoms with Crippen LogP contribution in [0.4, 0.5) is 0 Å². The van der Waals surface area contributed by atoms with Gasteiger partial charge in [0.15, 0.2) is 0 Å². The number of methoxy groups -OCH3 is 1. The average Bonchev–Trinajstić information content (AvgIpc) is 2.27. The summed E-state index contributed by atoms with van der Waals surface area (Å²) in [5.74, 6) is -0.344. The second-order valence-electron chi connectivity index (χ2n) is 5.41. The summed E-state index contributed by atoms with van der Waals surface area (Å²) in [4.78, 5) is 11.2. The minimum Gasteiger partial charge on any atom is -0.480 e. The lowest BCUT2D eigenvalue weighted by molar-refractivity contribution is -0.140. The van der Waals surface area contributed by atoms with Crippen molar-refractivity contribution >= 4 is 5.97 Å². The van der Waals surface area contributed by atoms with Crippen LogP contribution in [0, 0.1) is 5.92 Å². The molecule has 0 spiro atoms. The highest BCUT2D eigenvalue weighted by Gasteiger charge is 2.27. The van der Waals surface area contributed by atoms with Gasteiger partial charge in [0.25, 0.3) is 0 Å². The fourth-order valence-corrected chi connectivity index (χ4v) is 2.51. The molecule has 2 N–H and O–H groups in total. The molecule has 4 heteroatoms. The fourth-order valence-electron chi connectivity index (χ4n) is 2.51. The number of rotatable bonds is 6. The van der Waals surface area contributed by atoms with E-state index in [1.807, 2.05) is 0 Å². The van der Waals surface area contributed by atoms with Gasteiger partial charge in [-0.15, -0.1) is 0 Å². The Hall–Kier alpha value is -0.610. The third-order valence-electron chi connectivity index (χ3n) is 3.40. The van der Waals surface area contributed by atoms with E-state index in [1.54, 1.807) is 7.11 Å². The van der Waals surface area contributed by atoms with E-state index in [1.165, 1.54) is 0 Å². The number of aliphatic carboxylic acids is 1. The Labute approximate surface area is 104 Å². The first kappa shape index (κ1) is 14.5. The van der Waals surface area contributed by atoms with Gasteiger partial charge in [0.05, 0.1) is 6.10 Å². The lowest BCUT2D eigenvalue weighted by atomic mass is 9.91. The van der Waals surface area contributed by atoms with E-state index >= 15 is 0 Å². The molecule has 0 aromatic heterocycles. The molecule has 1 rings (SSSR count). The van der Waals surface area contributed by atoms with Crippen LogP contribution in [0.25, 0.3) is 0 Å². The van der Waals surface area contributed by atoms with Crippen LogP contribution in [0.15, 0.2) is 0 Å². The molecule has 1 fully saturated rings. The Bertz CT molecular complexity index is 243. The summed E-state index contributed by atoms with van der Waals surface area (Å²) in [5, 5.41) is 12.5. The van der Waals surface area contributed by atoms with Crippen molar-refractivity contribution in [2.24, 2.45) is 5.92 Å². The minimum atomic E-state index is -0.738. The lowest BCUT2D eigenvalue weighted by Crippen LogP contribution is -2.46. The quantitative estimate of drug-likeness (QED) is 0.749. The van der Waals surface area contributed by atoms with Gasteiger partial charge < -0.3 is 15.2 Å². The summed E-state index contributed by atoms with van der Waals surface area (Å²) in [6, 6.07) is -0.135. The second kappa shape index (κ2) is 6.97. The molecule has 0 saturated heterocycles. The Morgan fingerprint density at radius 1 is 1.47 bits per heavy atom. The molecule has 17 heavy (non-hydrogen) atoms. The van der Waals surface area contributed by atoms with Gasteiger partial charge in [-0.1, -0.05) is 13.8 Å². The van der Waals surface area contributed by atoms with Crippen molar-refractivity contribution in [2.45, 2.75) is 64.1 Å². The highest BCUT2D eigenvalue weighted by atomic mass is 16.5. The molecule has 3 atom stereocenters. The zero-order chi connectivity index (χ0) is 12.8. The van der Waals surface area contributed by atoms with Crippen molar-refractivity contribution in [3.05, 3.63) is 0 Å². The van der Waals surface area contributed by atoms with Gasteiger partial charge in [-0.05, 0) is 38.0 Å². The van der Waals surface area contributed by atoms with Gasteiger partial charge in [-0.2, -0.15) is 0 Å².